The molecule has 2 nitrogen and oxygen atoms in total. The molecule has 5 aliphatic rings. The largest absolute Gasteiger partial charge is 0.414 e. The van der Waals surface area contributed by atoms with Crippen LogP contribution in [0.2, 0.25) is 39.3 Å². The summed E-state index contributed by atoms with van der Waals surface area (Å²) in [4.78, 5) is 0. The molecule has 0 aromatic rings. The van der Waals surface area contributed by atoms with Gasteiger partial charge in [0.1, 0.15) is 0 Å². The molecule has 0 aliphatic heterocycles. The van der Waals surface area contributed by atoms with Crippen LogP contribution in [0.15, 0.2) is 12.2 Å². The molecule has 40 heavy (non-hydrogen) atoms. The number of rotatable bonds is 6. The molecular weight excluding hydrogens is 521 g/mol. The third-order valence-electron chi connectivity index (χ3n) is 14.5. The van der Waals surface area contributed by atoms with Crippen molar-refractivity contribution in [3.05, 3.63) is 12.2 Å². The molecule has 0 radical (unpaired) electrons. The van der Waals surface area contributed by atoms with E-state index >= 15 is 0 Å². The first-order valence-corrected chi connectivity index (χ1v) is 24.0. The second-order valence-electron chi connectivity index (χ2n) is 19.1. The van der Waals surface area contributed by atoms with Crippen LogP contribution < -0.4 is 0 Å². The third kappa shape index (κ3) is 4.84. The Hall–Kier alpha value is 0.0938. The molecule has 0 bridgehead atoms. The van der Waals surface area contributed by atoms with Crippen molar-refractivity contribution in [3.8, 4) is 0 Å². The van der Waals surface area contributed by atoms with Gasteiger partial charge in [0.15, 0.2) is 16.6 Å². The lowest BCUT2D eigenvalue weighted by Gasteiger charge is -2.73. The van der Waals surface area contributed by atoms with Crippen molar-refractivity contribution in [1.82, 2.24) is 0 Å². The molecule has 0 spiro atoms. The highest BCUT2D eigenvalue weighted by Crippen LogP contribution is 2.77. The van der Waals surface area contributed by atoms with Gasteiger partial charge in [0.25, 0.3) is 0 Å². The van der Waals surface area contributed by atoms with Gasteiger partial charge in [-0.25, -0.2) is 0 Å². The van der Waals surface area contributed by atoms with Crippen LogP contribution in [0, 0.1) is 56.7 Å². The van der Waals surface area contributed by atoms with E-state index in [2.05, 4.69) is 80.8 Å². The van der Waals surface area contributed by atoms with Crippen LogP contribution in [0.4, 0.5) is 0 Å². The third-order valence-corrected chi connectivity index (χ3v) is 16.5. The van der Waals surface area contributed by atoms with E-state index in [1.54, 1.807) is 0 Å². The first kappa shape index (κ1) is 31.5. The first-order chi connectivity index (χ1) is 18.2. The maximum atomic E-state index is 6.91. The lowest BCUT2D eigenvalue weighted by Crippen LogP contribution is -2.66. The molecule has 5 saturated carbocycles. The zero-order valence-corrected chi connectivity index (χ0v) is 30.8. The highest BCUT2D eigenvalue weighted by atomic mass is 28.4. The minimum atomic E-state index is -1.57. The maximum absolute atomic E-state index is 6.91. The van der Waals surface area contributed by atoms with E-state index < -0.39 is 16.6 Å². The molecule has 0 amide bonds. The molecule has 0 aromatic heterocycles. The van der Waals surface area contributed by atoms with Gasteiger partial charge in [0.2, 0.25) is 0 Å². The quantitative estimate of drug-likeness (QED) is 0.228. The van der Waals surface area contributed by atoms with E-state index in [1.807, 2.05) is 0 Å². The van der Waals surface area contributed by atoms with E-state index in [0.717, 1.165) is 30.3 Å². The van der Waals surface area contributed by atoms with E-state index in [0.29, 0.717) is 33.7 Å². The molecule has 230 valence electrons. The Morgan fingerprint density at radius 1 is 0.700 bits per heavy atom. The van der Waals surface area contributed by atoms with Crippen LogP contribution in [0.5, 0.6) is 0 Å². The monoisotopic (exact) mass is 586 g/mol. The van der Waals surface area contributed by atoms with Gasteiger partial charge in [-0.05, 0) is 166 Å². The van der Waals surface area contributed by atoms with E-state index in [1.165, 1.54) is 69.8 Å². The normalized spacial score (nSPS) is 48.5. The molecule has 4 unspecified atom stereocenters. The minimum absolute atomic E-state index is 0.266. The summed E-state index contributed by atoms with van der Waals surface area (Å²) in [6.45, 7) is 35.8. The molecular formula is C36H66O2Si2. The fraction of sp³-hybridized carbons (Fsp3) is 0.944. The summed E-state index contributed by atoms with van der Waals surface area (Å²) in [5.41, 5.74) is 3.50. The van der Waals surface area contributed by atoms with E-state index in [4.69, 9.17) is 15.4 Å². The predicted octanol–water partition coefficient (Wildman–Crippen LogP) is 10.7. The second kappa shape index (κ2) is 9.80. The summed E-state index contributed by atoms with van der Waals surface area (Å²) in [6.07, 6.45) is 14.4. The molecule has 4 heteroatoms. The number of hydrogen-bond donors (Lipinski definition) is 0. The van der Waals surface area contributed by atoms with Crippen LogP contribution in [0.3, 0.4) is 0 Å². The van der Waals surface area contributed by atoms with Crippen molar-refractivity contribution >= 4 is 16.6 Å². The van der Waals surface area contributed by atoms with Crippen LogP contribution in [-0.4, -0.2) is 29.3 Å². The van der Waals surface area contributed by atoms with Crippen LogP contribution in [0.1, 0.15) is 106 Å². The molecule has 0 saturated heterocycles. The Balaban J connectivity index is 1.43. The first-order valence-electron chi connectivity index (χ1n) is 17.2. The topological polar surface area (TPSA) is 18.5 Å². The molecule has 10 atom stereocenters. The van der Waals surface area contributed by atoms with Crippen LogP contribution >= 0.6 is 0 Å². The second-order valence-corrected chi connectivity index (χ2v) is 28.1. The predicted molar refractivity (Wildman–Crippen MR) is 176 cm³/mol. The van der Waals surface area contributed by atoms with Gasteiger partial charge < -0.3 is 8.85 Å². The minimum Gasteiger partial charge on any atom is -0.414 e. The lowest BCUT2D eigenvalue weighted by atomic mass is 9.32. The highest BCUT2D eigenvalue weighted by molar-refractivity contribution is 6.70. The summed E-state index contributed by atoms with van der Waals surface area (Å²) in [6, 6.07) is 0. The van der Waals surface area contributed by atoms with Gasteiger partial charge >= 0.3 is 0 Å². The van der Waals surface area contributed by atoms with Gasteiger partial charge in [0, 0.05) is 0 Å². The van der Waals surface area contributed by atoms with Crippen LogP contribution in [0.25, 0.3) is 0 Å². The summed E-state index contributed by atoms with van der Waals surface area (Å²) in [7, 11) is -3.11. The summed E-state index contributed by atoms with van der Waals surface area (Å²) >= 11 is 0. The van der Waals surface area contributed by atoms with Crippen molar-refractivity contribution < 1.29 is 8.85 Å². The Morgan fingerprint density at radius 2 is 1.38 bits per heavy atom. The molecule has 5 aliphatic carbocycles. The Morgan fingerprint density at radius 3 is 2.00 bits per heavy atom. The smallest absolute Gasteiger partial charge is 0.184 e. The van der Waals surface area contributed by atoms with Crippen molar-refractivity contribution in [2.75, 3.05) is 6.61 Å². The number of hydrogen-bond acceptors (Lipinski definition) is 2. The average Bonchev–Trinajstić information content (AvgIpc) is 3.16. The standard InChI is InChI=1S/C36H66O2Si2/c1-25(24-37-39(8,9)10)26-16-19-33(4)22-23-35(6)27(31(26)33)14-15-29-34(5)20-18-30(38-40(11,12)13)32(2,3)28(34)17-21-36(29,35)7/h26-31H,1,14-24H2,2-13H3/t26-,27?,28?,29?,30-,31?,33+,34-,35+,36+/m0/s1. The van der Waals surface area contributed by atoms with Gasteiger partial charge in [-0.2, -0.15) is 0 Å². The van der Waals surface area contributed by atoms with Crippen molar-refractivity contribution in [1.29, 1.82) is 0 Å². The molecule has 0 aromatic carbocycles. The summed E-state index contributed by atoms with van der Waals surface area (Å²) in [5.74, 6) is 3.91. The lowest BCUT2D eigenvalue weighted by molar-refractivity contribution is -0.245. The SMILES string of the molecule is C=C(CO[Si](C)(C)C)[C@@H]1CC[C@]2(C)CC[C@]3(C)C(CCC4[C@@]5(C)CC[C@H](O[Si](C)(C)C)C(C)(C)C5CC[C@]43C)C12. The van der Waals surface area contributed by atoms with E-state index in [-0.39, 0.29) is 5.41 Å². The zero-order valence-electron chi connectivity index (χ0n) is 28.8. The van der Waals surface area contributed by atoms with Crippen molar-refractivity contribution in [2.24, 2.45) is 56.7 Å². The maximum Gasteiger partial charge on any atom is 0.184 e. The molecule has 5 fully saturated rings. The fourth-order valence-corrected chi connectivity index (χ4v) is 14.3. The fourth-order valence-electron chi connectivity index (χ4n) is 12.4. The van der Waals surface area contributed by atoms with Gasteiger partial charge in [-0.1, -0.05) is 48.1 Å². The van der Waals surface area contributed by atoms with Crippen molar-refractivity contribution in [3.63, 3.8) is 0 Å². The van der Waals surface area contributed by atoms with Gasteiger partial charge in [-0.3, -0.25) is 0 Å². The molecule has 0 heterocycles. The van der Waals surface area contributed by atoms with Crippen molar-refractivity contribution in [2.45, 2.75) is 151 Å². The Bertz CT molecular complexity index is 992. The Kier molecular flexibility index (Phi) is 7.72. The van der Waals surface area contributed by atoms with Crippen LogP contribution in [-0.2, 0) is 8.85 Å². The van der Waals surface area contributed by atoms with Gasteiger partial charge in [0.05, 0.1) is 12.7 Å². The molecule has 0 N–H and O–H groups in total. The molecule has 5 rings (SSSR count). The number of fused-ring (bicyclic) bond motifs is 7. The Labute approximate surface area is 251 Å². The van der Waals surface area contributed by atoms with E-state index in [9.17, 15) is 0 Å². The highest BCUT2D eigenvalue weighted by Gasteiger charge is 2.70. The summed E-state index contributed by atoms with van der Waals surface area (Å²) < 4.78 is 13.4. The summed E-state index contributed by atoms with van der Waals surface area (Å²) in [5, 5.41) is 0. The zero-order chi connectivity index (χ0) is 29.7. The average molecular weight is 587 g/mol. The van der Waals surface area contributed by atoms with Gasteiger partial charge in [-0.15, -0.1) is 0 Å².